The van der Waals surface area contributed by atoms with Crippen molar-refractivity contribution >= 4 is 11.9 Å². The molecule has 0 saturated carbocycles. The Hall–Kier alpha value is -2.83. The smallest absolute Gasteiger partial charge is 0.326 e. The fourth-order valence-electron chi connectivity index (χ4n) is 1.83. The minimum Gasteiger partial charge on any atom is -0.508 e. The number of H-pyrrole nitrogens is 1. The Bertz CT molecular complexity index is 648. The molecule has 4 N–H and O–H groups in total. The number of nitrogens with one attached hydrogen (secondary N) is 2. The summed E-state index contributed by atoms with van der Waals surface area (Å²) in [5.41, 5.74) is 1.55. The van der Waals surface area contributed by atoms with Gasteiger partial charge in [-0.15, -0.1) is 0 Å². The number of carboxylic acids is 1. The number of aliphatic carboxylic acids is 1. The number of aromatic hydroxyl groups is 1. The summed E-state index contributed by atoms with van der Waals surface area (Å²) in [6.07, 6.45) is 0.116. The zero-order valence-electron chi connectivity index (χ0n) is 11.3. The van der Waals surface area contributed by atoms with E-state index in [-0.39, 0.29) is 17.9 Å². The molecule has 7 nitrogen and oxygen atoms in total. The highest BCUT2D eigenvalue weighted by Gasteiger charge is 2.22. The lowest BCUT2D eigenvalue weighted by Crippen LogP contribution is -2.42. The Morgan fingerprint density at radius 2 is 2.00 bits per heavy atom. The van der Waals surface area contributed by atoms with E-state index in [0.717, 1.165) is 0 Å². The van der Waals surface area contributed by atoms with Crippen molar-refractivity contribution in [2.45, 2.75) is 19.4 Å². The molecular formula is C14H15N3O4. The van der Waals surface area contributed by atoms with E-state index in [1.165, 1.54) is 18.2 Å². The van der Waals surface area contributed by atoms with Gasteiger partial charge in [0.1, 0.15) is 17.5 Å². The largest absolute Gasteiger partial charge is 0.508 e. The molecule has 110 valence electrons. The van der Waals surface area contributed by atoms with Crippen molar-refractivity contribution in [3.05, 3.63) is 47.3 Å². The number of aromatic nitrogens is 2. The van der Waals surface area contributed by atoms with Crippen LogP contribution in [0.3, 0.4) is 0 Å². The molecule has 2 aromatic rings. The third-order valence-corrected chi connectivity index (χ3v) is 2.92. The number of carboxylic acid groups (broad SMARTS) is 1. The molecule has 0 aliphatic heterocycles. The number of benzene rings is 1. The molecule has 0 aliphatic rings. The lowest BCUT2D eigenvalue weighted by molar-refractivity contribution is -0.139. The van der Waals surface area contributed by atoms with E-state index in [4.69, 9.17) is 0 Å². The number of carbonyl (C=O) groups excluding carboxylic acids is 1. The normalized spacial score (nSPS) is 11.9. The standard InChI is InChI=1S/C14H15N3O4/c1-8-6-11(17-16-8)13(19)15-12(14(20)21)7-9-2-4-10(18)5-3-9/h2-6,12,18H,7H2,1H3,(H,15,19)(H,16,17)(H,20,21)/t12-/m1/s1. The lowest BCUT2D eigenvalue weighted by atomic mass is 10.1. The second-order valence-electron chi connectivity index (χ2n) is 4.67. The van der Waals surface area contributed by atoms with E-state index in [1.54, 1.807) is 19.1 Å². The first-order chi connectivity index (χ1) is 9.95. The first-order valence-corrected chi connectivity index (χ1v) is 6.29. The minimum atomic E-state index is -1.14. The molecule has 0 aliphatic carbocycles. The predicted molar refractivity (Wildman–Crippen MR) is 74.0 cm³/mol. The summed E-state index contributed by atoms with van der Waals surface area (Å²) in [7, 11) is 0. The topological polar surface area (TPSA) is 115 Å². The number of phenolic OH excluding ortho intramolecular Hbond substituents is 1. The average Bonchev–Trinajstić information content (AvgIpc) is 2.87. The number of carbonyl (C=O) groups is 2. The minimum absolute atomic E-state index is 0.0988. The van der Waals surface area contributed by atoms with Crippen LogP contribution < -0.4 is 5.32 Å². The maximum absolute atomic E-state index is 11.9. The van der Waals surface area contributed by atoms with Crippen molar-refractivity contribution in [2.75, 3.05) is 0 Å². The van der Waals surface area contributed by atoms with Crippen molar-refractivity contribution in [1.82, 2.24) is 15.5 Å². The van der Waals surface area contributed by atoms with Crippen LogP contribution in [-0.2, 0) is 11.2 Å². The fourth-order valence-corrected chi connectivity index (χ4v) is 1.83. The maximum atomic E-state index is 11.9. The van der Waals surface area contributed by atoms with Gasteiger partial charge in [0.05, 0.1) is 0 Å². The number of hydrogen-bond acceptors (Lipinski definition) is 4. The van der Waals surface area contributed by atoms with Crippen molar-refractivity contribution < 1.29 is 19.8 Å². The molecule has 0 fully saturated rings. The van der Waals surface area contributed by atoms with Gasteiger partial charge >= 0.3 is 5.97 Å². The van der Waals surface area contributed by atoms with Gasteiger partial charge in [0.25, 0.3) is 5.91 Å². The van der Waals surface area contributed by atoms with E-state index >= 15 is 0 Å². The summed E-state index contributed by atoms with van der Waals surface area (Å²) in [5, 5.41) is 27.2. The number of aryl methyl sites for hydroxylation is 1. The van der Waals surface area contributed by atoms with Gasteiger partial charge in [0, 0.05) is 12.1 Å². The van der Waals surface area contributed by atoms with Crippen molar-refractivity contribution in [1.29, 1.82) is 0 Å². The molecule has 1 atom stereocenters. The van der Waals surface area contributed by atoms with Crippen LogP contribution in [0.4, 0.5) is 0 Å². The lowest BCUT2D eigenvalue weighted by Gasteiger charge is -2.13. The average molecular weight is 289 g/mol. The van der Waals surface area contributed by atoms with Crippen molar-refractivity contribution in [3.8, 4) is 5.75 Å². The number of hydrogen-bond donors (Lipinski definition) is 4. The molecule has 0 saturated heterocycles. The Labute approximate surface area is 120 Å². The number of phenols is 1. The zero-order valence-corrected chi connectivity index (χ0v) is 11.3. The van der Waals surface area contributed by atoms with Crippen LogP contribution >= 0.6 is 0 Å². The van der Waals surface area contributed by atoms with Crippen LogP contribution in [0, 0.1) is 6.92 Å². The summed E-state index contributed by atoms with van der Waals surface area (Å²) >= 11 is 0. The van der Waals surface area contributed by atoms with Crippen LogP contribution in [0.1, 0.15) is 21.7 Å². The van der Waals surface area contributed by atoms with Crippen LogP contribution in [-0.4, -0.2) is 38.3 Å². The number of aromatic amines is 1. The van der Waals surface area contributed by atoms with Crippen molar-refractivity contribution in [2.24, 2.45) is 0 Å². The zero-order chi connectivity index (χ0) is 15.4. The van der Waals surface area contributed by atoms with Crippen LogP contribution in [0.15, 0.2) is 30.3 Å². The molecule has 0 bridgehead atoms. The highest BCUT2D eigenvalue weighted by molar-refractivity contribution is 5.95. The SMILES string of the molecule is Cc1cc(C(=O)N[C@H](Cc2ccc(O)cc2)C(=O)O)n[nH]1. The van der Waals surface area contributed by atoms with E-state index in [1.807, 2.05) is 0 Å². The summed E-state index contributed by atoms with van der Waals surface area (Å²) in [5.74, 6) is -1.59. The third-order valence-electron chi connectivity index (χ3n) is 2.92. The predicted octanol–water partition coefficient (Wildman–Crippen LogP) is 0.849. The molecule has 0 radical (unpaired) electrons. The summed E-state index contributed by atoms with van der Waals surface area (Å²) in [6.45, 7) is 1.74. The van der Waals surface area contributed by atoms with Gasteiger partial charge in [-0.2, -0.15) is 5.10 Å². The molecule has 1 amide bonds. The van der Waals surface area contributed by atoms with E-state index < -0.39 is 17.9 Å². The number of nitrogens with zero attached hydrogens (tertiary/aromatic N) is 1. The fraction of sp³-hybridized carbons (Fsp3) is 0.214. The van der Waals surface area contributed by atoms with Crippen LogP contribution in [0.5, 0.6) is 5.75 Å². The molecule has 1 aromatic carbocycles. The highest BCUT2D eigenvalue weighted by atomic mass is 16.4. The van der Waals surface area contributed by atoms with Gasteiger partial charge in [-0.1, -0.05) is 12.1 Å². The monoisotopic (exact) mass is 289 g/mol. The molecule has 1 heterocycles. The van der Waals surface area contributed by atoms with Gasteiger partial charge in [0.2, 0.25) is 0 Å². The second-order valence-corrected chi connectivity index (χ2v) is 4.67. The molecule has 0 unspecified atom stereocenters. The number of amides is 1. The molecular weight excluding hydrogens is 274 g/mol. The van der Waals surface area contributed by atoms with E-state index in [0.29, 0.717) is 11.3 Å². The van der Waals surface area contributed by atoms with Gasteiger partial charge < -0.3 is 15.5 Å². The molecule has 2 rings (SSSR count). The molecule has 21 heavy (non-hydrogen) atoms. The van der Waals surface area contributed by atoms with E-state index in [2.05, 4.69) is 15.5 Å². The van der Waals surface area contributed by atoms with Gasteiger partial charge in [0.15, 0.2) is 0 Å². The second kappa shape index (κ2) is 6.08. The van der Waals surface area contributed by atoms with E-state index in [9.17, 15) is 19.8 Å². The summed E-state index contributed by atoms with van der Waals surface area (Å²) in [6, 6.07) is 6.61. The molecule has 7 heteroatoms. The Kier molecular flexibility index (Phi) is 4.22. The maximum Gasteiger partial charge on any atom is 0.326 e. The quantitative estimate of drug-likeness (QED) is 0.651. The van der Waals surface area contributed by atoms with Gasteiger partial charge in [-0.25, -0.2) is 4.79 Å². The third kappa shape index (κ3) is 3.82. The number of rotatable bonds is 5. The van der Waals surface area contributed by atoms with Gasteiger partial charge in [-0.3, -0.25) is 9.89 Å². The van der Waals surface area contributed by atoms with Gasteiger partial charge in [-0.05, 0) is 30.7 Å². The summed E-state index contributed by atoms with van der Waals surface area (Å²) < 4.78 is 0. The molecule has 1 aromatic heterocycles. The Morgan fingerprint density at radius 1 is 1.33 bits per heavy atom. The Morgan fingerprint density at radius 3 is 2.52 bits per heavy atom. The Balaban J connectivity index is 2.07. The summed E-state index contributed by atoms with van der Waals surface area (Å²) in [4.78, 5) is 23.2. The first-order valence-electron chi connectivity index (χ1n) is 6.29. The van der Waals surface area contributed by atoms with Crippen LogP contribution in [0.2, 0.25) is 0 Å². The van der Waals surface area contributed by atoms with Crippen LogP contribution in [0.25, 0.3) is 0 Å². The molecule has 0 spiro atoms. The van der Waals surface area contributed by atoms with Crippen molar-refractivity contribution in [3.63, 3.8) is 0 Å². The highest BCUT2D eigenvalue weighted by Crippen LogP contribution is 2.11. The first kappa shape index (κ1) is 14.6.